The number of hydrogen-bond acceptors (Lipinski definition) is 5. The number of rotatable bonds is 9. The quantitative estimate of drug-likeness (QED) is 0.574. The van der Waals surface area contributed by atoms with Crippen LogP contribution >= 0.6 is 0 Å². The molecule has 3 rings (SSSR count). The monoisotopic (exact) mass is 437 g/mol. The Morgan fingerprint density at radius 1 is 1.16 bits per heavy atom. The summed E-state index contributed by atoms with van der Waals surface area (Å²) in [6, 6.07) is 10.1. The number of anilines is 1. The van der Waals surface area contributed by atoms with Crippen molar-refractivity contribution in [3.8, 4) is 11.5 Å². The summed E-state index contributed by atoms with van der Waals surface area (Å²) in [6.45, 7) is 2.25. The molecule has 1 heterocycles. The van der Waals surface area contributed by atoms with Crippen molar-refractivity contribution in [2.24, 2.45) is 5.92 Å². The molecule has 7 heteroatoms. The number of hydrogen-bond donors (Lipinski definition) is 2. The van der Waals surface area contributed by atoms with E-state index in [1.807, 2.05) is 24.3 Å². The van der Waals surface area contributed by atoms with Gasteiger partial charge < -0.3 is 20.1 Å². The Morgan fingerprint density at radius 3 is 2.62 bits per heavy atom. The van der Waals surface area contributed by atoms with Gasteiger partial charge in [-0.3, -0.25) is 9.59 Å². The standard InChI is InChI=1S/C25H31N3O4/c1-18(27-23(29)15-12-19-10-13-21(31-2)14-11-19)25(30)28-24-22(9-6-16-26-24)32-17-20-7-4-3-5-8-20/h6,9-16,18,20H,3-5,7-8,17H2,1-2H3,(H,27,29)(H,26,28,30)/b15-12+/t18-/m0/s1. The van der Waals surface area contributed by atoms with Crippen LogP contribution in [0.4, 0.5) is 5.82 Å². The smallest absolute Gasteiger partial charge is 0.247 e. The van der Waals surface area contributed by atoms with Gasteiger partial charge in [-0.25, -0.2) is 4.98 Å². The van der Waals surface area contributed by atoms with Crippen molar-refractivity contribution in [2.45, 2.75) is 45.1 Å². The number of benzene rings is 1. The summed E-state index contributed by atoms with van der Waals surface area (Å²) >= 11 is 0. The van der Waals surface area contributed by atoms with Crippen molar-refractivity contribution in [3.05, 3.63) is 54.2 Å². The molecule has 1 atom stereocenters. The first-order chi connectivity index (χ1) is 15.5. The summed E-state index contributed by atoms with van der Waals surface area (Å²) < 4.78 is 11.1. The molecule has 0 bridgehead atoms. The minimum atomic E-state index is -0.740. The lowest BCUT2D eigenvalue weighted by Crippen LogP contribution is -2.41. The average Bonchev–Trinajstić information content (AvgIpc) is 2.83. The first-order valence-electron chi connectivity index (χ1n) is 11.1. The van der Waals surface area contributed by atoms with Gasteiger partial charge in [-0.1, -0.05) is 31.4 Å². The van der Waals surface area contributed by atoms with Crippen LogP contribution in [0.25, 0.3) is 6.08 Å². The van der Waals surface area contributed by atoms with E-state index >= 15 is 0 Å². The predicted molar refractivity (Wildman–Crippen MR) is 125 cm³/mol. The zero-order valence-corrected chi connectivity index (χ0v) is 18.7. The lowest BCUT2D eigenvalue weighted by atomic mass is 9.90. The molecule has 0 unspecified atom stereocenters. The highest BCUT2D eigenvalue weighted by atomic mass is 16.5. The number of nitrogens with one attached hydrogen (secondary N) is 2. The summed E-state index contributed by atoms with van der Waals surface area (Å²) in [5.41, 5.74) is 0.853. The topological polar surface area (TPSA) is 89.5 Å². The highest BCUT2D eigenvalue weighted by molar-refractivity contribution is 5.99. The van der Waals surface area contributed by atoms with Crippen molar-refractivity contribution in [1.29, 1.82) is 0 Å². The largest absolute Gasteiger partial charge is 0.497 e. The van der Waals surface area contributed by atoms with Gasteiger partial charge in [0, 0.05) is 12.3 Å². The molecule has 0 aliphatic heterocycles. The first-order valence-corrected chi connectivity index (χ1v) is 11.1. The molecule has 2 aromatic rings. The van der Waals surface area contributed by atoms with Crippen molar-refractivity contribution in [1.82, 2.24) is 10.3 Å². The van der Waals surface area contributed by atoms with Gasteiger partial charge in [0.1, 0.15) is 11.8 Å². The molecule has 170 valence electrons. The van der Waals surface area contributed by atoms with Gasteiger partial charge in [0.05, 0.1) is 13.7 Å². The van der Waals surface area contributed by atoms with Crippen molar-refractivity contribution >= 4 is 23.7 Å². The number of ether oxygens (including phenoxy) is 2. The normalized spacial score (nSPS) is 15.2. The van der Waals surface area contributed by atoms with Gasteiger partial charge in [0.15, 0.2) is 11.6 Å². The third kappa shape index (κ3) is 7.11. The third-order valence-electron chi connectivity index (χ3n) is 5.51. The molecule has 1 aliphatic rings. The van der Waals surface area contributed by atoms with E-state index in [-0.39, 0.29) is 11.8 Å². The van der Waals surface area contributed by atoms with Crippen LogP contribution in [0.2, 0.25) is 0 Å². The molecule has 1 fully saturated rings. The fraction of sp³-hybridized carbons (Fsp3) is 0.400. The Labute approximate surface area is 189 Å². The number of nitrogens with zero attached hydrogens (tertiary/aromatic N) is 1. The van der Waals surface area contributed by atoms with Crippen LogP contribution in [0.5, 0.6) is 11.5 Å². The van der Waals surface area contributed by atoms with Gasteiger partial charge >= 0.3 is 0 Å². The Balaban J connectivity index is 1.51. The molecule has 7 nitrogen and oxygen atoms in total. The van der Waals surface area contributed by atoms with E-state index in [0.29, 0.717) is 24.1 Å². The van der Waals surface area contributed by atoms with Crippen molar-refractivity contribution < 1.29 is 19.1 Å². The Bertz CT molecular complexity index is 921. The third-order valence-corrected chi connectivity index (χ3v) is 5.51. The summed E-state index contributed by atoms with van der Waals surface area (Å²) in [4.78, 5) is 29.0. The van der Waals surface area contributed by atoms with E-state index in [1.54, 1.807) is 38.4 Å². The highest BCUT2D eigenvalue weighted by Gasteiger charge is 2.19. The molecular weight excluding hydrogens is 406 g/mol. The number of pyridine rings is 1. The Hall–Kier alpha value is -3.35. The molecular formula is C25H31N3O4. The van der Waals surface area contributed by atoms with Gasteiger partial charge in [-0.05, 0) is 61.6 Å². The van der Waals surface area contributed by atoms with Gasteiger partial charge in [0.2, 0.25) is 11.8 Å². The fourth-order valence-corrected chi connectivity index (χ4v) is 3.60. The molecule has 32 heavy (non-hydrogen) atoms. The lowest BCUT2D eigenvalue weighted by molar-refractivity contribution is -0.123. The zero-order valence-electron chi connectivity index (χ0n) is 18.7. The summed E-state index contributed by atoms with van der Waals surface area (Å²) in [7, 11) is 1.60. The number of methoxy groups -OCH3 is 1. The van der Waals surface area contributed by atoms with Crippen LogP contribution in [0.3, 0.4) is 0 Å². The molecule has 1 aromatic heterocycles. The second-order valence-electron chi connectivity index (χ2n) is 7.99. The number of carbonyl (C=O) groups is 2. The van der Waals surface area contributed by atoms with Crippen LogP contribution in [-0.2, 0) is 9.59 Å². The maximum atomic E-state index is 12.6. The molecule has 1 saturated carbocycles. The van der Waals surface area contributed by atoms with E-state index in [2.05, 4.69) is 15.6 Å². The van der Waals surface area contributed by atoms with Crippen LogP contribution in [0.15, 0.2) is 48.7 Å². The molecule has 0 radical (unpaired) electrons. The maximum absolute atomic E-state index is 12.6. The predicted octanol–water partition coefficient (Wildman–Crippen LogP) is 4.21. The van der Waals surface area contributed by atoms with Crippen molar-refractivity contribution in [2.75, 3.05) is 19.0 Å². The van der Waals surface area contributed by atoms with Gasteiger partial charge in [-0.15, -0.1) is 0 Å². The van der Waals surface area contributed by atoms with Crippen LogP contribution < -0.4 is 20.1 Å². The van der Waals surface area contributed by atoms with Crippen LogP contribution in [0, 0.1) is 5.92 Å². The molecule has 1 aliphatic carbocycles. The minimum absolute atomic E-state index is 0.363. The SMILES string of the molecule is COc1ccc(/C=C/C(=O)N[C@@H](C)C(=O)Nc2ncccc2OCC2CCCCC2)cc1. The van der Waals surface area contributed by atoms with Crippen LogP contribution in [-0.4, -0.2) is 36.6 Å². The van der Waals surface area contributed by atoms with E-state index < -0.39 is 6.04 Å². The first kappa shape index (κ1) is 23.3. The Kier molecular flexibility index (Phi) is 8.66. The van der Waals surface area contributed by atoms with E-state index in [4.69, 9.17) is 9.47 Å². The lowest BCUT2D eigenvalue weighted by Gasteiger charge is -2.22. The maximum Gasteiger partial charge on any atom is 0.247 e. The zero-order chi connectivity index (χ0) is 22.8. The van der Waals surface area contributed by atoms with Gasteiger partial charge in [-0.2, -0.15) is 0 Å². The van der Waals surface area contributed by atoms with Gasteiger partial charge in [0.25, 0.3) is 0 Å². The van der Waals surface area contributed by atoms with E-state index in [9.17, 15) is 9.59 Å². The number of amides is 2. The molecule has 1 aromatic carbocycles. The number of carbonyl (C=O) groups excluding carboxylic acids is 2. The summed E-state index contributed by atoms with van der Waals surface area (Å²) in [5, 5.41) is 5.43. The molecule has 2 amide bonds. The molecule has 0 spiro atoms. The average molecular weight is 438 g/mol. The Morgan fingerprint density at radius 2 is 1.91 bits per heavy atom. The summed E-state index contributed by atoms with van der Waals surface area (Å²) in [5.74, 6) is 1.47. The fourth-order valence-electron chi connectivity index (χ4n) is 3.60. The molecule has 2 N–H and O–H groups in total. The highest BCUT2D eigenvalue weighted by Crippen LogP contribution is 2.27. The van der Waals surface area contributed by atoms with E-state index in [1.165, 1.54) is 38.2 Å². The second-order valence-corrected chi connectivity index (χ2v) is 7.99. The summed E-state index contributed by atoms with van der Waals surface area (Å²) in [6.07, 6.45) is 10.8. The van der Waals surface area contributed by atoms with Crippen molar-refractivity contribution in [3.63, 3.8) is 0 Å². The second kappa shape index (κ2) is 11.9. The van der Waals surface area contributed by atoms with Crippen LogP contribution in [0.1, 0.15) is 44.6 Å². The number of aromatic nitrogens is 1. The minimum Gasteiger partial charge on any atom is -0.497 e. The molecule has 0 saturated heterocycles. The van der Waals surface area contributed by atoms with E-state index in [0.717, 1.165) is 11.3 Å².